The van der Waals surface area contributed by atoms with Crippen LogP contribution in [0.4, 0.5) is 0 Å². The molecule has 0 aromatic carbocycles. The number of likely N-dealkylation sites (N-methyl/N-ethyl adjacent to an activating group) is 1. The van der Waals surface area contributed by atoms with Gasteiger partial charge in [0.15, 0.2) is 0 Å². The summed E-state index contributed by atoms with van der Waals surface area (Å²) in [7, 11) is 1.49. The maximum atomic E-state index is 11.0. The Morgan fingerprint density at radius 2 is 2.08 bits per heavy atom. The number of hydrogen-bond donors (Lipinski definition) is 0. The van der Waals surface area contributed by atoms with Gasteiger partial charge in [0.1, 0.15) is 12.1 Å². The van der Waals surface area contributed by atoms with Crippen molar-refractivity contribution in [2.75, 3.05) is 7.05 Å². The summed E-state index contributed by atoms with van der Waals surface area (Å²) in [6, 6.07) is 0.904. The van der Waals surface area contributed by atoms with Crippen LogP contribution in [0.3, 0.4) is 0 Å². The van der Waals surface area contributed by atoms with E-state index in [1.807, 2.05) is 0 Å². The molecule has 1 atom stereocenters. The Labute approximate surface area is 71.8 Å². The molecule has 0 N–H and O–H groups in total. The van der Waals surface area contributed by atoms with Crippen molar-refractivity contribution in [3.63, 3.8) is 0 Å². The minimum absolute atomic E-state index is 0.0349. The first-order valence-corrected chi connectivity index (χ1v) is 3.65. The van der Waals surface area contributed by atoms with Gasteiger partial charge in [-0.25, -0.2) is 0 Å². The lowest BCUT2D eigenvalue weighted by Crippen LogP contribution is -2.40. The Morgan fingerprint density at radius 1 is 1.58 bits per heavy atom. The van der Waals surface area contributed by atoms with Crippen LogP contribution in [0.15, 0.2) is 0 Å². The molecule has 0 spiro atoms. The van der Waals surface area contributed by atoms with E-state index in [0.717, 1.165) is 0 Å². The van der Waals surface area contributed by atoms with E-state index < -0.39 is 11.8 Å². The SMILES string of the molecule is CC(C)C(C(=O)C#N)N(C)C=O. The van der Waals surface area contributed by atoms with Crippen LogP contribution in [0.5, 0.6) is 0 Å². The van der Waals surface area contributed by atoms with Gasteiger partial charge in [0.25, 0.3) is 5.78 Å². The van der Waals surface area contributed by atoms with Gasteiger partial charge in [0.05, 0.1) is 0 Å². The largest absolute Gasteiger partial charge is 0.337 e. The molecule has 1 unspecified atom stereocenters. The number of ketones is 1. The molecule has 0 aliphatic carbocycles. The summed E-state index contributed by atoms with van der Waals surface area (Å²) in [6.07, 6.45) is 0.555. The molecule has 0 aliphatic rings. The predicted molar refractivity (Wildman–Crippen MR) is 43.1 cm³/mol. The van der Waals surface area contributed by atoms with Crippen molar-refractivity contribution in [3.8, 4) is 6.07 Å². The van der Waals surface area contributed by atoms with Gasteiger partial charge < -0.3 is 4.90 Å². The number of carbonyl (C=O) groups is 2. The summed E-state index contributed by atoms with van der Waals surface area (Å²) in [5.74, 6) is -0.605. The lowest BCUT2D eigenvalue weighted by molar-refractivity contribution is -0.128. The normalized spacial score (nSPS) is 11.9. The Bertz CT molecular complexity index is 218. The molecule has 66 valence electrons. The van der Waals surface area contributed by atoms with Gasteiger partial charge in [0.2, 0.25) is 6.41 Å². The maximum Gasteiger partial charge on any atom is 0.254 e. The topological polar surface area (TPSA) is 61.2 Å². The van der Waals surface area contributed by atoms with Crippen LogP contribution in [0, 0.1) is 17.2 Å². The Balaban J connectivity index is 4.56. The molecule has 0 fully saturated rings. The molecule has 0 aromatic heterocycles. The number of nitriles is 1. The zero-order valence-electron chi connectivity index (χ0n) is 7.44. The number of nitrogens with zero attached hydrogens (tertiary/aromatic N) is 2. The average molecular weight is 168 g/mol. The fraction of sp³-hybridized carbons (Fsp3) is 0.625. The summed E-state index contributed by atoms with van der Waals surface area (Å²) in [5.41, 5.74) is 0. The summed E-state index contributed by atoms with van der Waals surface area (Å²) >= 11 is 0. The van der Waals surface area contributed by atoms with E-state index in [9.17, 15) is 9.59 Å². The summed E-state index contributed by atoms with van der Waals surface area (Å²) in [5, 5.41) is 8.36. The van der Waals surface area contributed by atoms with Gasteiger partial charge in [-0.15, -0.1) is 0 Å². The first kappa shape index (κ1) is 10.6. The van der Waals surface area contributed by atoms with Gasteiger partial charge in [-0.3, -0.25) is 9.59 Å². The molecule has 0 bridgehead atoms. The van der Waals surface area contributed by atoms with Crippen molar-refractivity contribution < 1.29 is 9.59 Å². The van der Waals surface area contributed by atoms with Gasteiger partial charge in [-0.2, -0.15) is 5.26 Å². The van der Waals surface area contributed by atoms with Crippen molar-refractivity contribution >= 4 is 12.2 Å². The standard InChI is InChI=1S/C8H12N2O2/c1-6(2)8(7(12)4-9)10(3)5-11/h5-6,8H,1-3H3. The monoisotopic (exact) mass is 168 g/mol. The van der Waals surface area contributed by atoms with Gasteiger partial charge in [-0.05, 0) is 5.92 Å². The molecule has 4 nitrogen and oxygen atoms in total. The van der Waals surface area contributed by atoms with Crippen molar-refractivity contribution in [3.05, 3.63) is 0 Å². The summed E-state index contributed by atoms with van der Waals surface area (Å²) < 4.78 is 0. The van der Waals surface area contributed by atoms with E-state index in [2.05, 4.69) is 0 Å². The first-order valence-electron chi connectivity index (χ1n) is 3.65. The van der Waals surface area contributed by atoms with E-state index >= 15 is 0 Å². The van der Waals surface area contributed by atoms with Crippen molar-refractivity contribution in [1.29, 1.82) is 5.26 Å². The van der Waals surface area contributed by atoms with Crippen LogP contribution in [0.1, 0.15) is 13.8 Å². The summed E-state index contributed by atoms with van der Waals surface area (Å²) in [4.78, 5) is 22.5. The molecule has 0 heterocycles. The highest BCUT2D eigenvalue weighted by Gasteiger charge is 2.25. The molecule has 0 aliphatic heterocycles. The quantitative estimate of drug-likeness (QED) is 0.444. The Hall–Kier alpha value is -1.37. The Morgan fingerprint density at radius 3 is 2.33 bits per heavy atom. The number of Topliss-reactive ketones (excluding diaryl/α,β-unsaturated/α-hetero) is 1. The van der Waals surface area contributed by atoms with E-state index in [1.54, 1.807) is 13.8 Å². The lowest BCUT2D eigenvalue weighted by Gasteiger charge is -2.23. The highest BCUT2D eigenvalue weighted by molar-refractivity contribution is 5.98. The molecular formula is C8H12N2O2. The van der Waals surface area contributed by atoms with Crippen molar-refractivity contribution in [1.82, 2.24) is 4.90 Å². The highest BCUT2D eigenvalue weighted by Crippen LogP contribution is 2.07. The van der Waals surface area contributed by atoms with E-state index in [-0.39, 0.29) is 5.92 Å². The van der Waals surface area contributed by atoms with E-state index in [0.29, 0.717) is 6.41 Å². The molecule has 0 saturated carbocycles. The molecule has 0 rings (SSSR count). The minimum atomic E-state index is -0.618. The maximum absolute atomic E-state index is 11.0. The third-order valence-electron chi connectivity index (χ3n) is 1.62. The molecule has 4 heteroatoms. The number of rotatable bonds is 4. The third-order valence-corrected chi connectivity index (χ3v) is 1.62. The first-order chi connectivity index (χ1) is 5.54. The summed E-state index contributed by atoms with van der Waals surface area (Å²) in [6.45, 7) is 3.58. The lowest BCUT2D eigenvalue weighted by atomic mass is 10.00. The second-order valence-corrected chi connectivity index (χ2v) is 2.94. The number of amides is 1. The molecule has 0 saturated heterocycles. The second kappa shape index (κ2) is 4.50. The molecule has 0 aromatic rings. The molecule has 1 amide bonds. The fourth-order valence-electron chi connectivity index (χ4n) is 1.09. The van der Waals surface area contributed by atoms with Crippen LogP contribution in [0.2, 0.25) is 0 Å². The van der Waals surface area contributed by atoms with E-state index in [1.165, 1.54) is 18.0 Å². The van der Waals surface area contributed by atoms with Gasteiger partial charge in [0, 0.05) is 7.05 Å². The predicted octanol–water partition coefficient (Wildman–Crippen LogP) is 0.192. The van der Waals surface area contributed by atoms with Crippen LogP contribution in [0.25, 0.3) is 0 Å². The zero-order valence-corrected chi connectivity index (χ0v) is 7.44. The minimum Gasteiger partial charge on any atom is -0.337 e. The van der Waals surface area contributed by atoms with Crippen LogP contribution in [-0.2, 0) is 9.59 Å². The molecule has 0 radical (unpaired) electrons. The smallest absolute Gasteiger partial charge is 0.254 e. The van der Waals surface area contributed by atoms with Crippen molar-refractivity contribution in [2.45, 2.75) is 19.9 Å². The van der Waals surface area contributed by atoms with Gasteiger partial charge >= 0.3 is 0 Å². The van der Waals surface area contributed by atoms with Crippen LogP contribution >= 0.6 is 0 Å². The third kappa shape index (κ3) is 2.35. The second-order valence-electron chi connectivity index (χ2n) is 2.94. The van der Waals surface area contributed by atoms with Gasteiger partial charge in [-0.1, -0.05) is 13.8 Å². The average Bonchev–Trinajstić information content (AvgIpc) is 2.03. The van der Waals surface area contributed by atoms with Crippen LogP contribution < -0.4 is 0 Å². The van der Waals surface area contributed by atoms with Crippen molar-refractivity contribution in [2.24, 2.45) is 5.92 Å². The number of carbonyl (C=O) groups excluding carboxylic acids is 2. The highest BCUT2D eigenvalue weighted by atomic mass is 16.1. The zero-order chi connectivity index (χ0) is 9.72. The fourth-order valence-corrected chi connectivity index (χ4v) is 1.09. The molecular weight excluding hydrogens is 156 g/mol. The van der Waals surface area contributed by atoms with Crippen LogP contribution in [-0.4, -0.2) is 30.2 Å². The van der Waals surface area contributed by atoms with E-state index in [4.69, 9.17) is 5.26 Å². The number of hydrogen-bond acceptors (Lipinski definition) is 3. The Kier molecular flexibility index (Phi) is 3.98. The molecule has 12 heavy (non-hydrogen) atoms.